The summed E-state index contributed by atoms with van der Waals surface area (Å²) < 4.78 is 6.95. The SMILES string of the molecule is N#CCOc1c(Br)cc(Br)cc1/C=N\NC(=O)c1cc(-c2ccccc2)nc2ccccc12. The summed E-state index contributed by atoms with van der Waals surface area (Å²) in [6.45, 7) is -0.112. The molecule has 0 bridgehead atoms. The van der Waals surface area contributed by atoms with E-state index in [9.17, 15) is 4.79 Å². The zero-order chi connectivity index (χ0) is 23.2. The van der Waals surface area contributed by atoms with Gasteiger partial charge in [0.25, 0.3) is 5.91 Å². The van der Waals surface area contributed by atoms with Gasteiger partial charge in [-0.3, -0.25) is 4.79 Å². The molecule has 0 aliphatic carbocycles. The molecule has 33 heavy (non-hydrogen) atoms. The number of hydrogen-bond acceptors (Lipinski definition) is 5. The fourth-order valence-electron chi connectivity index (χ4n) is 3.27. The van der Waals surface area contributed by atoms with E-state index < -0.39 is 0 Å². The van der Waals surface area contributed by atoms with E-state index in [0.29, 0.717) is 27.0 Å². The van der Waals surface area contributed by atoms with Crippen molar-refractivity contribution in [3.63, 3.8) is 0 Å². The number of hydrogen-bond donors (Lipinski definition) is 1. The van der Waals surface area contributed by atoms with Crippen LogP contribution in [0, 0.1) is 11.3 Å². The number of carbonyl (C=O) groups is 1. The minimum atomic E-state index is -0.365. The van der Waals surface area contributed by atoms with E-state index in [4.69, 9.17) is 15.0 Å². The van der Waals surface area contributed by atoms with Crippen LogP contribution in [0.15, 0.2) is 86.8 Å². The third-order valence-corrected chi connectivity index (χ3v) is 5.77. The number of nitriles is 1. The Morgan fingerprint density at radius 1 is 1.09 bits per heavy atom. The highest BCUT2D eigenvalue weighted by Gasteiger charge is 2.14. The van der Waals surface area contributed by atoms with Crippen LogP contribution in [0.4, 0.5) is 0 Å². The number of nitrogens with one attached hydrogen (secondary N) is 1. The number of para-hydroxylation sites is 1. The summed E-state index contributed by atoms with van der Waals surface area (Å²) >= 11 is 6.85. The smallest absolute Gasteiger partial charge is 0.272 e. The molecular formula is C25H16Br2N4O2. The summed E-state index contributed by atoms with van der Waals surface area (Å²) in [5.74, 6) is 0.0917. The van der Waals surface area contributed by atoms with Crippen molar-refractivity contribution in [2.45, 2.75) is 0 Å². The van der Waals surface area contributed by atoms with Crippen molar-refractivity contribution in [1.82, 2.24) is 10.4 Å². The zero-order valence-electron chi connectivity index (χ0n) is 17.1. The lowest BCUT2D eigenvalue weighted by Gasteiger charge is -2.10. The second-order valence-corrected chi connectivity index (χ2v) is 8.66. The topological polar surface area (TPSA) is 87.4 Å². The molecule has 0 radical (unpaired) electrons. The molecular weight excluding hydrogens is 548 g/mol. The van der Waals surface area contributed by atoms with Crippen LogP contribution in [0.1, 0.15) is 15.9 Å². The Morgan fingerprint density at radius 3 is 2.64 bits per heavy atom. The number of benzene rings is 3. The molecule has 1 heterocycles. The lowest BCUT2D eigenvalue weighted by molar-refractivity contribution is 0.0956. The molecule has 1 N–H and O–H groups in total. The lowest BCUT2D eigenvalue weighted by Crippen LogP contribution is -2.18. The Balaban J connectivity index is 1.65. The molecule has 3 aromatic carbocycles. The van der Waals surface area contributed by atoms with Gasteiger partial charge in [-0.15, -0.1) is 0 Å². The van der Waals surface area contributed by atoms with E-state index in [1.165, 1.54) is 6.21 Å². The molecule has 162 valence electrons. The number of amides is 1. The second kappa shape index (κ2) is 10.4. The van der Waals surface area contributed by atoms with Crippen molar-refractivity contribution in [3.8, 4) is 23.1 Å². The number of halogens is 2. The molecule has 0 aliphatic heterocycles. The van der Waals surface area contributed by atoms with Gasteiger partial charge in [-0.05, 0) is 40.2 Å². The summed E-state index contributed by atoms with van der Waals surface area (Å²) in [5, 5.41) is 13.7. The number of hydrazone groups is 1. The molecule has 0 atom stereocenters. The highest BCUT2D eigenvalue weighted by Crippen LogP contribution is 2.32. The van der Waals surface area contributed by atoms with Gasteiger partial charge in [0, 0.05) is 21.0 Å². The van der Waals surface area contributed by atoms with Crippen LogP contribution >= 0.6 is 31.9 Å². The molecule has 4 aromatic rings. The third-order valence-electron chi connectivity index (χ3n) is 4.72. The maximum absolute atomic E-state index is 13.1. The fourth-order valence-corrected chi connectivity index (χ4v) is 4.65. The van der Waals surface area contributed by atoms with Crippen molar-refractivity contribution in [3.05, 3.63) is 92.9 Å². The van der Waals surface area contributed by atoms with Crippen molar-refractivity contribution in [1.29, 1.82) is 5.26 Å². The molecule has 4 rings (SSSR count). The molecule has 1 aromatic heterocycles. The summed E-state index contributed by atoms with van der Waals surface area (Å²) in [7, 11) is 0. The van der Waals surface area contributed by atoms with Gasteiger partial charge in [-0.25, -0.2) is 10.4 Å². The minimum absolute atomic E-state index is 0.112. The Kier molecular flexibility index (Phi) is 7.13. The molecule has 0 spiro atoms. The average molecular weight is 564 g/mol. The molecule has 0 saturated heterocycles. The monoisotopic (exact) mass is 562 g/mol. The molecule has 6 nitrogen and oxygen atoms in total. The average Bonchev–Trinajstić information content (AvgIpc) is 2.83. The maximum Gasteiger partial charge on any atom is 0.272 e. The van der Waals surface area contributed by atoms with Gasteiger partial charge >= 0.3 is 0 Å². The first-order valence-electron chi connectivity index (χ1n) is 9.84. The first kappa shape index (κ1) is 22.6. The van der Waals surface area contributed by atoms with E-state index in [0.717, 1.165) is 20.9 Å². The van der Waals surface area contributed by atoms with Gasteiger partial charge in [0.2, 0.25) is 0 Å². The van der Waals surface area contributed by atoms with E-state index in [1.807, 2.05) is 60.7 Å². The summed E-state index contributed by atoms with van der Waals surface area (Å²) in [4.78, 5) is 17.8. The number of ether oxygens (including phenoxy) is 1. The van der Waals surface area contributed by atoms with Crippen molar-refractivity contribution >= 4 is 54.9 Å². The quantitative estimate of drug-likeness (QED) is 0.227. The van der Waals surface area contributed by atoms with Crippen LogP contribution in [0.25, 0.3) is 22.2 Å². The number of carbonyl (C=O) groups excluding carboxylic acids is 1. The highest BCUT2D eigenvalue weighted by atomic mass is 79.9. The van der Waals surface area contributed by atoms with Crippen LogP contribution in [-0.4, -0.2) is 23.7 Å². The largest absolute Gasteiger partial charge is 0.477 e. The first-order valence-corrected chi connectivity index (χ1v) is 11.4. The lowest BCUT2D eigenvalue weighted by atomic mass is 10.0. The third kappa shape index (κ3) is 5.28. The first-order chi connectivity index (χ1) is 16.1. The number of aromatic nitrogens is 1. The fraction of sp³-hybridized carbons (Fsp3) is 0.0400. The zero-order valence-corrected chi connectivity index (χ0v) is 20.3. The molecule has 0 fully saturated rings. The highest BCUT2D eigenvalue weighted by molar-refractivity contribution is 9.11. The Hall–Kier alpha value is -3.54. The normalized spacial score (nSPS) is 10.8. The van der Waals surface area contributed by atoms with Crippen LogP contribution in [0.5, 0.6) is 5.75 Å². The Morgan fingerprint density at radius 2 is 1.85 bits per heavy atom. The van der Waals surface area contributed by atoms with Crippen molar-refractivity contribution < 1.29 is 9.53 Å². The molecule has 1 amide bonds. The van der Waals surface area contributed by atoms with Crippen LogP contribution in [0.2, 0.25) is 0 Å². The standard InChI is InChI=1S/C25H16Br2N4O2/c26-18-12-17(24(21(27)13-18)33-11-10-28)15-29-31-25(32)20-14-23(16-6-2-1-3-7-16)30-22-9-5-4-8-19(20)22/h1-9,12-15H,11H2,(H,31,32)/b29-15-. The van der Waals surface area contributed by atoms with Gasteiger partial charge in [0.15, 0.2) is 6.61 Å². The second-order valence-electron chi connectivity index (χ2n) is 6.89. The Bertz CT molecular complexity index is 1400. The number of fused-ring (bicyclic) bond motifs is 1. The van der Waals surface area contributed by atoms with Gasteiger partial charge in [-0.1, -0.05) is 64.5 Å². The van der Waals surface area contributed by atoms with Crippen LogP contribution in [0.3, 0.4) is 0 Å². The van der Waals surface area contributed by atoms with Gasteiger partial charge in [-0.2, -0.15) is 10.4 Å². The molecule has 0 unspecified atom stereocenters. The van der Waals surface area contributed by atoms with Gasteiger partial charge < -0.3 is 4.74 Å². The van der Waals surface area contributed by atoms with Crippen molar-refractivity contribution in [2.75, 3.05) is 6.61 Å². The van der Waals surface area contributed by atoms with Crippen LogP contribution in [-0.2, 0) is 0 Å². The summed E-state index contributed by atoms with van der Waals surface area (Å²) in [5.41, 5.74) is 5.99. The van der Waals surface area contributed by atoms with E-state index in [-0.39, 0.29) is 12.5 Å². The van der Waals surface area contributed by atoms with Crippen LogP contribution < -0.4 is 10.2 Å². The number of nitrogens with zero attached hydrogens (tertiary/aromatic N) is 3. The summed E-state index contributed by atoms with van der Waals surface area (Å²) in [6.07, 6.45) is 1.47. The Labute approximate surface area is 207 Å². The predicted octanol–water partition coefficient (Wildman–Crippen LogP) is 6.09. The number of pyridine rings is 1. The number of rotatable bonds is 6. The molecule has 0 saturated carbocycles. The van der Waals surface area contributed by atoms with Crippen molar-refractivity contribution in [2.24, 2.45) is 5.10 Å². The predicted molar refractivity (Wildman–Crippen MR) is 135 cm³/mol. The minimum Gasteiger partial charge on any atom is -0.477 e. The van der Waals surface area contributed by atoms with E-state index in [2.05, 4.69) is 42.4 Å². The van der Waals surface area contributed by atoms with E-state index >= 15 is 0 Å². The van der Waals surface area contributed by atoms with Gasteiger partial charge in [0.1, 0.15) is 11.8 Å². The van der Waals surface area contributed by atoms with Gasteiger partial charge in [0.05, 0.1) is 27.5 Å². The molecule has 8 heteroatoms. The van der Waals surface area contributed by atoms with E-state index in [1.54, 1.807) is 18.2 Å². The molecule has 0 aliphatic rings. The summed E-state index contributed by atoms with van der Waals surface area (Å²) in [6, 6.07) is 24.5. The maximum atomic E-state index is 13.1.